The number of nitrogens with zero attached hydrogens (tertiary/aromatic N) is 1. The molecule has 1 aliphatic heterocycles. The highest BCUT2D eigenvalue weighted by Crippen LogP contribution is 2.41. The Hall–Kier alpha value is -2.80. The van der Waals surface area contributed by atoms with Crippen LogP contribution in [0.4, 0.5) is 0 Å². The van der Waals surface area contributed by atoms with Crippen molar-refractivity contribution < 1.29 is 19.7 Å². The van der Waals surface area contributed by atoms with E-state index >= 15 is 0 Å². The van der Waals surface area contributed by atoms with Crippen LogP contribution in [0.15, 0.2) is 45.6 Å². The lowest BCUT2D eigenvalue weighted by atomic mass is 9.85. The largest absolute Gasteiger partial charge is 0.507 e. The standard InChI is InChI=1S/C23H22ClNO5/c1-25-8-7-16(20(29)12-25)21-18(27)11-19(28)22-17(26)10-15(30-23(21)22)6-5-13-3-2-4-14(24)9-13/h2-6,9-11,16,20,27-29H,7-8,12H2,1H3/b6-5+. The molecule has 0 radical (unpaired) electrons. The number of rotatable bonds is 3. The van der Waals surface area contributed by atoms with Gasteiger partial charge >= 0.3 is 0 Å². The third kappa shape index (κ3) is 3.94. The van der Waals surface area contributed by atoms with Gasteiger partial charge in [-0.2, -0.15) is 0 Å². The molecule has 1 fully saturated rings. The van der Waals surface area contributed by atoms with E-state index in [0.29, 0.717) is 23.6 Å². The third-order valence-corrected chi connectivity index (χ3v) is 5.70. The molecule has 0 amide bonds. The van der Waals surface area contributed by atoms with Gasteiger partial charge in [0.25, 0.3) is 0 Å². The molecule has 7 heteroatoms. The Morgan fingerprint density at radius 2 is 1.97 bits per heavy atom. The van der Waals surface area contributed by atoms with E-state index in [0.717, 1.165) is 18.2 Å². The zero-order valence-corrected chi connectivity index (χ0v) is 17.1. The number of aliphatic hydroxyl groups excluding tert-OH is 1. The molecule has 3 aromatic rings. The van der Waals surface area contributed by atoms with Crippen LogP contribution in [0.2, 0.25) is 5.02 Å². The average molecular weight is 428 g/mol. The predicted octanol–water partition coefficient (Wildman–Crippen LogP) is 3.81. The van der Waals surface area contributed by atoms with Gasteiger partial charge in [0.1, 0.15) is 28.2 Å². The summed E-state index contributed by atoms with van der Waals surface area (Å²) in [5.41, 5.74) is 0.843. The summed E-state index contributed by atoms with van der Waals surface area (Å²) in [6.45, 7) is 1.16. The van der Waals surface area contributed by atoms with E-state index in [1.165, 1.54) is 6.07 Å². The monoisotopic (exact) mass is 427 g/mol. The molecule has 0 aliphatic carbocycles. The summed E-state index contributed by atoms with van der Waals surface area (Å²) in [7, 11) is 1.91. The maximum absolute atomic E-state index is 12.7. The van der Waals surface area contributed by atoms with Crippen molar-refractivity contribution in [1.29, 1.82) is 0 Å². The van der Waals surface area contributed by atoms with Crippen LogP contribution in [-0.2, 0) is 0 Å². The molecule has 2 aromatic carbocycles. The molecule has 1 saturated heterocycles. The Morgan fingerprint density at radius 1 is 1.17 bits per heavy atom. The molecule has 4 rings (SSSR count). The quantitative estimate of drug-likeness (QED) is 0.588. The van der Waals surface area contributed by atoms with E-state index in [2.05, 4.69) is 0 Å². The maximum Gasteiger partial charge on any atom is 0.197 e. The van der Waals surface area contributed by atoms with Crippen LogP contribution in [0.3, 0.4) is 0 Å². The Bertz CT molecular complexity index is 1190. The number of aromatic hydroxyl groups is 2. The Morgan fingerprint density at radius 3 is 2.70 bits per heavy atom. The lowest BCUT2D eigenvalue weighted by Crippen LogP contribution is -2.40. The first-order chi connectivity index (χ1) is 14.3. The van der Waals surface area contributed by atoms with Crippen LogP contribution in [0.25, 0.3) is 23.1 Å². The van der Waals surface area contributed by atoms with Gasteiger partial charge < -0.3 is 24.6 Å². The fourth-order valence-corrected chi connectivity index (χ4v) is 4.19. The molecular weight excluding hydrogens is 406 g/mol. The second-order valence-corrected chi connectivity index (χ2v) is 8.10. The second kappa shape index (κ2) is 8.14. The third-order valence-electron chi connectivity index (χ3n) is 5.46. The molecule has 3 N–H and O–H groups in total. The SMILES string of the molecule is CN1CCC(c2c(O)cc(O)c3c(=O)cc(/C=C/c4cccc(Cl)c4)oc23)C(O)C1. The summed E-state index contributed by atoms with van der Waals surface area (Å²) in [6, 6.07) is 9.64. The van der Waals surface area contributed by atoms with Crippen molar-refractivity contribution in [1.82, 2.24) is 4.90 Å². The normalized spacial score (nSPS) is 20.2. The minimum absolute atomic E-state index is 0.00571. The average Bonchev–Trinajstić information content (AvgIpc) is 2.67. The van der Waals surface area contributed by atoms with Gasteiger partial charge in [-0.25, -0.2) is 0 Å². The highest BCUT2D eigenvalue weighted by Gasteiger charge is 2.32. The van der Waals surface area contributed by atoms with Crippen molar-refractivity contribution >= 4 is 34.7 Å². The molecule has 0 spiro atoms. The van der Waals surface area contributed by atoms with Gasteiger partial charge in [-0.15, -0.1) is 0 Å². The number of likely N-dealkylation sites (tertiary alicyclic amines) is 1. The molecule has 1 aromatic heterocycles. The minimum atomic E-state index is -0.738. The number of β-amino-alcohol motifs (C(OH)–C–C–N with tert-alkyl or cyclic N) is 1. The minimum Gasteiger partial charge on any atom is -0.507 e. The number of phenolic OH excluding ortho intramolecular Hbond substituents is 2. The number of halogens is 1. The van der Waals surface area contributed by atoms with Crippen LogP contribution >= 0.6 is 11.6 Å². The molecule has 2 unspecified atom stereocenters. The zero-order chi connectivity index (χ0) is 21.4. The van der Waals surface area contributed by atoms with Crippen LogP contribution in [0.1, 0.15) is 29.2 Å². The van der Waals surface area contributed by atoms with Crippen molar-refractivity contribution in [2.24, 2.45) is 0 Å². The number of likely N-dealkylation sites (N-methyl/N-ethyl adjacent to an activating group) is 1. The van der Waals surface area contributed by atoms with E-state index < -0.39 is 17.5 Å². The van der Waals surface area contributed by atoms with Crippen molar-refractivity contribution in [3.05, 3.63) is 68.5 Å². The maximum atomic E-state index is 12.7. The molecule has 2 atom stereocenters. The number of aliphatic hydroxyl groups is 1. The number of piperidine rings is 1. The van der Waals surface area contributed by atoms with Crippen LogP contribution in [-0.4, -0.2) is 46.5 Å². The van der Waals surface area contributed by atoms with Gasteiger partial charge in [0, 0.05) is 35.2 Å². The lowest BCUT2D eigenvalue weighted by Gasteiger charge is -2.34. The summed E-state index contributed by atoms with van der Waals surface area (Å²) in [5.74, 6) is -0.707. The van der Waals surface area contributed by atoms with E-state index in [1.807, 2.05) is 24.1 Å². The fraction of sp³-hybridized carbons (Fsp3) is 0.261. The Kier molecular flexibility index (Phi) is 5.56. The van der Waals surface area contributed by atoms with Gasteiger partial charge in [-0.1, -0.05) is 29.8 Å². The van der Waals surface area contributed by atoms with Crippen LogP contribution in [0.5, 0.6) is 11.5 Å². The fourth-order valence-electron chi connectivity index (χ4n) is 4.00. The summed E-state index contributed by atoms with van der Waals surface area (Å²) in [6.07, 6.45) is 3.22. The van der Waals surface area contributed by atoms with Gasteiger partial charge in [0.05, 0.1) is 6.10 Å². The van der Waals surface area contributed by atoms with Gasteiger partial charge in [-0.05, 0) is 43.8 Å². The van der Waals surface area contributed by atoms with E-state index in [9.17, 15) is 20.1 Å². The summed E-state index contributed by atoms with van der Waals surface area (Å²) >= 11 is 6.01. The predicted molar refractivity (Wildman–Crippen MR) is 117 cm³/mol. The highest BCUT2D eigenvalue weighted by atomic mass is 35.5. The summed E-state index contributed by atoms with van der Waals surface area (Å²) < 4.78 is 5.95. The highest BCUT2D eigenvalue weighted by molar-refractivity contribution is 6.30. The van der Waals surface area contributed by atoms with E-state index in [-0.39, 0.29) is 28.2 Å². The Labute approximate surface area is 178 Å². The zero-order valence-electron chi connectivity index (χ0n) is 16.4. The Balaban J connectivity index is 1.85. The van der Waals surface area contributed by atoms with Crippen LogP contribution < -0.4 is 5.43 Å². The molecule has 0 saturated carbocycles. The van der Waals surface area contributed by atoms with Crippen molar-refractivity contribution in [3.63, 3.8) is 0 Å². The van der Waals surface area contributed by atoms with Crippen molar-refractivity contribution in [2.45, 2.75) is 18.4 Å². The van der Waals surface area contributed by atoms with Gasteiger partial charge in [-0.3, -0.25) is 4.79 Å². The molecule has 30 heavy (non-hydrogen) atoms. The summed E-state index contributed by atoms with van der Waals surface area (Å²) in [4.78, 5) is 14.7. The van der Waals surface area contributed by atoms with Gasteiger partial charge in [0.15, 0.2) is 5.43 Å². The van der Waals surface area contributed by atoms with Crippen LogP contribution in [0, 0.1) is 0 Å². The number of phenols is 2. The van der Waals surface area contributed by atoms with Gasteiger partial charge in [0.2, 0.25) is 0 Å². The first-order valence-corrected chi connectivity index (χ1v) is 10.0. The second-order valence-electron chi connectivity index (χ2n) is 7.66. The molecule has 6 nitrogen and oxygen atoms in total. The summed E-state index contributed by atoms with van der Waals surface area (Å²) in [5, 5.41) is 32.0. The molecule has 2 heterocycles. The smallest absolute Gasteiger partial charge is 0.197 e. The van der Waals surface area contributed by atoms with Crippen molar-refractivity contribution in [2.75, 3.05) is 20.1 Å². The van der Waals surface area contributed by atoms with E-state index in [1.54, 1.807) is 24.3 Å². The van der Waals surface area contributed by atoms with E-state index in [4.69, 9.17) is 16.0 Å². The molecule has 156 valence electrons. The first kappa shape index (κ1) is 20.5. The van der Waals surface area contributed by atoms with Crippen molar-refractivity contribution in [3.8, 4) is 11.5 Å². The number of fused-ring (bicyclic) bond motifs is 1. The molecule has 1 aliphatic rings. The number of hydrogen-bond donors (Lipinski definition) is 3. The number of hydrogen-bond acceptors (Lipinski definition) is 6. The number of benzene rings is 2. The molecule has 0 bridgehead atoms. The topological polar surface area (TPSA) is 94.1 Å². The first-order valence-electron chi connectivity index (χ1n) is 9.66. The molecular formula is C23H22ClNO5. The lowest BCUT2D eigenvalue weighted by molar-refractivity contribution is 0.0630.